The molecule has 3 aromatic rings. The van der Waals surface area contributed by atoms with Gasteiger partial charge in [-0.25, -0.2) is 0 Å². The van der Waals surface area contributed by atoms with E-state index in [1.807, 2.05) is 42.5 Å². The van der Waals surface area contributed by atoms with Gasteiger partial charge in [-0.2, -0.15) is 4.98 Å². The number of nitrogens with zero attached hydrogens (tertiary/aromatic N) is 3. The quantitative estimate of drug-likeness (QED) is 0.347. The molecule has 0 radical (unpaired) electrons. The highest BCUT2D eigenvalue weighted by molar-refractivity contribution is 7.99. The highest BCUT2D eigenvalue weighted by Crippen LogP contribution is 2.26. The molecule has 32 heavy (non-hydrogen) atoms. The van der Waals surface area contributed by atoms with Crippen molar-refractivity contribution in [2.75, 3.05) is 25.4 Å². The lowest BCUT2D eigenvalue weighted by Gasteiger charge is -2.30. The number of nitrogens with one attached hydrogen (secondary N) is 1. The van der Waals surface area contributed by atoms with E-state index in [1.165, 1.54) is 0 Å². The number of thioether (sulfide) groups is 1. The lowest BCUT2D eigenvalue weighted by Crippen LogP contribution is -2.40. The van der Waals surface area contributed by atoms with Crippen LogP contribution in [0.5, 0.6) is 0 Å². The molecule has 0 atom stereocenters. The minimum atomic E-state index is 0.0492. The normalized spacial score (nSPS) is 15.1. The topological polar surface area (TPSA) is 71.3 Å². The largest absolute Gasteiger partial charge is 0.355 e. The van der Waals surface area contributed by atoms with E-state index in [0.29, 0.717) is 29.8 Å². The first kappa shape index (κ1) is 23.1. The maximum absolute atomic E-state index is 12.5. The number of carbonyl (C=O) groups excluding carboxylic acids is 1. The average Bonchev–Trinajstić information content (AvgIpc) is 3.27. The van der Waals surface area contributed by atoms with Crippen LogP contribution < -0.4 is 5.32 Å². The van der Waals surface area contributed by atoms with Crippen molar-refractivity contribution < 1.29 is 9.32 Å². The molecule has 1 fully saturated rings. The average molecular weight is 491 g/mol. The minimum Gasteiger partial charge on any atom is -0.355 e. The number of benzene rings is 2. The molecule has 0 bridgehead atoms. The summed E-state index contributed by atoms with van der Waals surface area (Å²) in [7, 11) is 0. The van der Waals surface area contributed by atoms with Gasteiger partial charge in [-0.1, -0.05) is 40.5 Å². The van der Waals surface area contributed by atoms with Crippen molar-refractivity contribution >= 4 is 40.9 Å². The summed E-state index contributed by atoms with van der Waals surface area (Å²) in [4.78, 5) is 20.4. The van der Waals surface area contributed by atoms with Gasteiger partial charge in [-0.05, 0) is 62.3 Å². The fourth-order valence-corrected chi connectivity index (χ4v) is 4.75. The molecule has 2 heterocycles. The molecule has 6 nitrogen and oxygen atoms in total. The van der Waals surface area contributed by atoms with Gasteiger partial charge in [0.25, 0.3) is 0 Å². The van der Waals surface area contributed by atoms with Crippen molar-refractivity contribution in [3.05, 3.63) is 64.5 Å². The summed E-state index contributed by atoms with van der Waals surface area (Å²) in [6.45, 7) is 2.87. The Morgan fingerprint density at radius 2 is 1.88 bits per heavy atom. The number of rotatable bonds is 8. The van der Waals surface area contributed by atoms with E-state index in [0.717, 1.165) is 47.2 Å². The van der Waals surface area contributed by atoms with Gasteiger partial charge in [0, 0.05) is 33.7 Å². The van der Waals surface area contributed by atoms with Crippen molar-refractivity contribution in [3.63, 3.8) is 0 Å². The Morgan fingerprint density at radius 3 is 2.62 bits per heavy atom. The van der Waals surface area contributed by atoms with Crippen molar-refractivity contribution in [1.29, 1.82) is 0 Å². The molecule has 1 aromatic heterocycles. The predicted molar refractivity (Wildman–Crippen MR) is 128 cm³/mol. The third-order valence-electron chi connectivity index (χ3n) is 5.38. The van der Waals surface area contributed by atoms with Crippen LogP contribution in [-0.2, 0) is 11.3 Å². The minimum absolute atomic E-state index is 0.0492. The number of piperidine rings is 1. The summed E-state index contributed by atoms with van der Waals surface area (Å²) in [5.41, 5.74) is 0.758. The highest BCUT2D eigenvalue weighted by Gasteiger charge is 2.26. The summed E-state index contributed by atoms with van der Waals surface area (Å²) in [6.07, 6.45) is 1.64. The second-order valence-corrected chi connectivity index (χ2v) is 9.65. The molecule has 0 saturated carbocycles. The van der Waals surface area contributed by atoms with Crippen LogP contribution in [0.25, 0.3) is 11.4 Å². The van der Waals surface area contributed by atoms with E-state index in [1.54, 1.807) is 17.8 Å². The Labute approximate surface area is 201 Å². The van der Waals surface area contributed by atoms with E-state index < -0.39 is 0 Å². The summed E-state index contributed by atoms with van der Waals surface area (Å²) >= 11 is 13.8. The first-order valence-electron chi connectivity index (χ1n) is 10.5. The van der Waals surface area contributed by atoms with Gasteiger partial charge < -0.3 is 9.84 Å². The molecule has 9 heteroatoms. The van der Waals surface area contributed by atoms with Crippen molar-refractivity contribution in [2.24, 2.45) is 5.92 Å². The molecule has 0 aliphatic carbocycles. The molecule has 2 aromatic carbocycles. The fourth-order valence-electron chi connectivity index (χ4n) is 3.63. The molecule has 0 spiro atoms. The molecular weight excluding hydrogens is 467 g/mol. The van der Waals surface area contributed by atoms with Gasteiger partial charge in [0.15, 0.2) is 0 Å². The number of halogens is 2. The number of aromatic nitrogens is 2. The molecular formula is C23H24Cl2N4O2S. The summed E-state index contributed by atoms with van der Waals surface area (Å²) in [5.74, 6) is 2.07. The first-order chi connectivity index (χ1) is 15.6. The van der Waals surface area contributed by atoms with Crippen molar-refractivity contribution in [3.8, 4) is 11.4 Å². The highest BCUT2D eigenvalue weighted by atomic mass is 35.5. The lowest BCUT2D eigenvalue weighted by molar-refractivity contribution is -0.126. The molecule has 0 unspecified atom stereocenters. The molecule has 4 rings (SSSR count). The smallest absolute Gasteiger partial charge is 0.241 e. The van der Waals surface area contributed by atoms with E-state index >= 15 is 0 Å². The molecule has 168 valence electrons. The van der Waals surface area contributed by atoms with Crippen LogP contribution in [0.1, 0.15) is 18.7 Å². The zero-order chi connectivity index (χ0) is 22.3. The molecule has 1 amide bonds. The number of amides is 1. The van der Waals surface area contributed by atoms with E-state index in [9.17, 15) is 4.79 Å². The summed E-state index contributed by atoms with van der Waals surface area (Å²) in [6, 6.07) is 15.2. The fraction of sp³-hybridized carbons (Fsp3) is 0.348. The van der Waals surface area contributed by atoms with Gasteiger partial charge in [0.1, 0.15) is 0 Å². The second-order valence-electron chi connectivity index (χ2n) is 7.64. The monoisotopic (exact) mass is 490 g/mol. The molecule has 1 aliphatic rings. The van der Waals surface area contributed by atoms with Gasteiger partial charge in [0.2, 0.25) is 17.6 Å². The zero-order valence-corrected chi connectivity index (χ0v) is 19.8. The maximum atomic E-state index is 12.5. The van der Waals surface area contributed by atoms with Crippen LogP contribution in [0.4, 0.5) is 0 Å². The number of hydrogen-bond acceptors (Lipinski definition) is 6. The Bertz CT molecular complexity index is 1040. The molecule has 1 saturated heterocycles. The van der Waals surface area contributed by atoms with Crippen LogP contribution in [0.15, 0.2) is 57.9 Å². The number of likely N-dealkylation sites (tertiary alicyclic amines) is 1. The summed E-state index contributed by atoms with van der Waals surface area (Å²) in [5, 5.41) is 8.45. The second kappa shape index (κ2) is 11.2. The van der Waals surface area contributed by atoms with Crippen LogP contribution in [0, 0.1) is 5.92 Å². The number of carbonyl (C=O) groups is 1. The Morgan fingerprint density at radius 1 is 1.12 bits per heavy atom. The van der Waals surface area contributed by atoms with E-state index in [2.05, 4.69) is 20.4 Å². The Hall–Kier alpha value is -2.06. The van der Waals surface area contributed by atoms with Gasteiger partial charge in [-0.3, -0.25) is 9.69 Å². The van der Waals surface area contributed by atoms with Gasteiger partial charge >= 0.3 is 0 Å². The zero-order valence-electron chi connectivity index (χ0n) is 17.5. The standard InChI is InChI=1S/C23H24Cl2N4O2S/c24-17-5-7-18(8-6-17)32-14-11-26-23(30)16-9-12-29(13-10-16)15-21-27-22(28-31-21)19-3-1-2-4-20(19)25/h1-8,16H,9-15H2,(H,26,30). The van der Waals surface area contributed by atoms with Crippen LogP contribution >= 0.6 is 35.0 Å². The third kappa shape index (κ3) is 6.25. The van der Waals surface area contributed by atoms with Crippen LogP contribution in [0.3, 0.4) is 0 Å². The van der Waals surface area contributed by atoms with Gasteiger partial charge in [-0.15, -0.1) is 11.8 Å². The predicted octanol–water partition coefficient (Wildman–Crippen LogP) is 5.16. The van der Waals surface area contributed by atoms with Crippen molar-refractivity contribution in [1.82, 2.24) is 20.4 Å². The van der Waals surface area contributed by atoms with E-state index in [-0.39, 0.29) is 11.8 Å². The van der Waals surface area contributed by atoms with Crippen molar-refractivity contribution in [2.45, 2.75) is 24.3 Å². The van der Waals surface area contributed by atoms with E-state index in [4.69, 9.17) is 27.7 Å². The maximum Gasteiger partial charge on any atom is 0.241 e. The van der Waals surface area contributed by atoms with Gasteiger partial charge in [0.05, 0.1) is 11.6 Å². The third-order valence-corrected chi connectivity index (χ3v) is 6.98. The summed E-state index contributed by atoms with van der Waals surface area (Å²) < 4.78 is 5.41. The Kier molecular flexibility index (Phi) is 8.08. The number of hydrogen-bond donors (Lipinski definition) is 1. The first-order valence-corrected chi connectivity index (χ1v) is 12.3. The molecule has 1 N–H and O–H groups in total. The SMILES string of the molecule is O=C(NCCSc1ccc(Cl)cc1)C1CCN(Cc2nc(-c3ccccc3Cl)no2)CC1. The molecule has 1 aliphatic heterocycles. The lowest BCUT2D eigenvalue weighted by atomic mass is 9.96. The van der Waals surface area contributed by atoms with Crippen LogP contribution in [-0.4, -0.2) is 46.3 Å². The van der Waals surface area contributed by atoms with Crippen LogP contribution in [0.2, 0.25) is 10.0 Å². The Balaban J connectivity index is 1.18.